The molecule has 4 aromatic rings. The second-order valence-corrected chi connectivity index (χ2v) is 7.44. The molecule has 4 aromatic carbocycles. The number of rotatable bonds is 4. The van der Waals surface area contributed by atoms with E-state index in [1.54, 1.807) is 0 Å². The Morgan fingerprint density at radius 1 is 0.353 bits per heavy atom. The quantitative estimate of drug-likeness (QED) is 0.291. The smallest absolute Gasteiger partial charge is 0.207 e. The molecule has 10 heteroatoms. The first-order valence-electron chi connectivity index (χ1n) is 9.64. The summed E-state index contributed by atoms with van der Waals surface area (Å²) in [6.07, 6.45) is -3.85. The molecule has 0 saturated carbocycles. The average molecular weight is 502 g/mol. The van der Waals surface area contributed by atoms with Crippen LogP contribution in [-0.4, -0.2) is 6.15 Å². The molecule has 0 atom stereocenters. The zero-order chi connectivity index (χ0) is 23.9. The van der Waals surface area contributed by atoms with Crippen LogP contribution in [0.3, 0.4) is 0 Å². The van der Waals surface area contributed by atoms with E-state index >= 15 is 17.6 Å². The topological polar surface area (TPSA) is 0 Å². The SMILES string of the molecule is Fc1cccc([B-](c2cccc(F)c2F)(c2cccc(F)c2F)c2cccc(F)c2F)c1F.[K+]. The summed E-state index contributed by atoms with van der Waals surface area (Å²) in [6.45, 7) is 0. The molecule has 0 aliphatic heterocycles. The van der Waals surface area contributed by atoms with Crippen molar-refractivity contribution in [1.82, 2.24) is 0 Å². The first-order valence-corrected chi connectivity index (χ1v) is 9.64. The van der Waals surface area contributed by atoms with Crippen molar-refractivity contribution in [3.63, 3.8) is 0 Å². The van der Waals surface area contributed by atoms with Crippen LogP contribution in [0.15, 0.2) is 72.8 Å². The number of benzene rings is 4. The number of halogens is 8. The third-order valence-electron chi connectivity index (χ3n) is 5.79. The van der Waals surface area contributed by atoms with Crippen LogP contribution < -0.4 is 73.2 Å². The zero-order valence-electron chi connectivity index (χ0n) is 17.5. The molecule has 0 saturated heterocycles. The van der Waals surface area contributed by atoms with Crippen molar-refractivity contribution >= 4 is 28.0 Å². The van der Waals surface area contributed by atoms with Gasteiger partial charge in [0.2, 0.25) is 0 Å². The summed E-state index contributed by atoms with van der Waals surface area (Å²) >= 11 is 0. The number of hydrogen-bond donors (Lipinski definition) is 0. The molecule has 0 aliphatic rings. The van der Waals surface area contributed by atoms with Gasteiger partial charge in [-0.2, -0.15) is 21.9 Å². The Bertz CT molecular complexity index is 1160. The summed E-state index contributed by atoms with van der Waals surface area (Å²) in [5.41, 5.74) is -3.30. The predicted molar refractivity (Wildman–Crippen MR) is 110 cm³/mol. The Morgan fingerprint density at radius 2 is 0.559 bits per heavy atom. The Labute approximate surface area is 232 Å². The van der Waals surface area contributed by atoms with Crippen molar-refractivity contribution in [3.05, 3.63) is 119 Å². The minimum absolute atomic E-state index is 0. The fraction of sp³-hybridized carbons (Fsp3) is 0. The van der Waals surface area contributed by atoms with Crippen LogP contribution in [0, 0.1) is 46.5 Å². The van der Waals surface area contributed by atoms with Gasteiger partial charge in [-0.25, -0.2) is 35.1 Å². The van der Waals surface area contributed by atoms with E-state index in [4.69, 9.17) is 0 Å². The van der Waals surface area contributed by atoms with E-state index < -0.39 is 74.5 Å². The molecule has 34 heavy (non-hydrogen) atoms. The predicted octanol–water partition coefficient (Wildman–Crippen LogP) is 1.18. The van der Waals surface area contributed by atoms with Gasteiger partial charge in [0.25, 0.3) is 0 Å². The summed E-state index contributed by atoms with van der Waals surface area (Å²) in [4.78, 5) is 0. The van der Waals surface area contributed by atoms with Gasteiger partial charge >= 0.3 is 51.4 Å². The van der Waals surface area contributed by atoms with Crippen LogP contribution in [0.25, 0.3) is 0 Å². The summed E-state index contributed by atoms with van der Waals surface area (Å²) in [7, 11) is 0. The van der Waals surface area contributed by atoms with Gasteiger partial charge in [-0.3, -0.25) is 0 Å². The maximum Gasteiger partial charge on any atom is 1.00 e. The molecule has 0 radical (unpaired) electrons. The van der Waals surface area contributed by atoms with Gasteiger partial charge in [-0.15, -0.1) is 0 Å². The summed E-state index contributed by atoms with van der Waals surface area (Å²) < 4.78 is 118. The van der Waals surface area contributed by atoms with Gasteiger partial charge in [0.1, 0.15) is 29.4 Å². The zero-order valence-corrected chi connectivity index (χ0v) is 20.7. The third-order valence-corrected chi connectivity index (χ3v) is 5.79. The Hall–Kier alpha value is -1.98. The van der Waals surface area contributed by atoms with Crippen LogP contribution in [0.5, 0.6) is 0 Å². The molecule has 0 bridgehead atoms. The molecule has 0 fully saturated rings. The van der Waals surface area contributed by atoms with Crippen LogP contribution in [0.4, 0.5) is 35.1 Å². The Kier molecular flexibility index (Phi) is 8.09. The molecular formula is C24H12BF8K. The van der Waals surface area contributed by atoms with Crippen LogP contribution >= 0.6 is 0 Å². The van der Waals surface area contributed by atoms with Gasteiger partial charge in [0.15, 0.2) is 23.3 Å². The van der Waals surface area contributed by atoms with E-state index in [9.17, 15) is 17.6 Å². The van der Waals surface area contributed by atoms with Crippen molar-refractivity contribution in [2.45, 2.75) is 0 Å². The van der Waals surface area contributed by atoms with Crippen molar-refractivity contribution in [2.24, 2.45) is 0 Å². The fourth-order valence-corrected chi connectivity index (χ4v) is 4.42. The van der Waals surface area contributed by atoms with E-state index in [1.807, 2.05) is 0 Å². The molecule has 0 aromatic heterocycles. The fourth-order valence-electron chi connectivity index (χ4n) is 4.42. The molecule has 0 nitrogen and oxygen atoms in total. The molecule has 0 heterocycles. The molecule has 0 N–H and O–H groups in total. The van der Waals surface area contributed by atoms with Gasteiger partial charge in [-0.05, 0) is 24.3 Å². The molecular weight excluding hydrogens is 490 g/mol. The average Bonchev–Trinajstić information content (AvgIpc) is 2.79. The van der Waals surface area contributed by atoms with Crippen LogP contribution in [0.1, 0.15) is 0 Å². The van der Waals surface area contributed by atoms with Gasteiger partial charge in [0.05, 0.1) is 0 Å². The minimum atomic E-state index is -3.85. The monoisotopic (exact) mass is 502 g/mol. The van der Waals surface area contributed by atoms with Gasteiger partial charge in [-0.1, -0.05) is 48.5 Å². The van der Waals surface area contributed by atoms with Gasteiger partial charge < -0.3 is 0 Å². The van der Waals surface area contributed by atoms with E-state index in [0.29, 0.717) is 24.3 Å². The largest absolute Gasteiger partial charge is 1.00 e. The van der Waals surface area contributed by atoms with Gasteiger partial charge in [0, 0.05) is 0 Å². The van der Waals surface area contributed by atoms with Crippen molar-refractivity contribution in [1.29, 1.82) is 0 Å². The molecule has 168 valence electrons. The molecule has 0 unspecified atom stereocenters. The normalized spacial score (nSPS) is 11.3. The minimum Gasteiger partial charge on any atom is -0.207 e. The second kappa shape index (κ2) is 10.3. The third kappa shape index (κ3) is 4.15. The molecule has 0 aliphatic carbocycles. The summed E-state index contributed by atoms with van der Waals surface area (Å²) in [5, 5.41) is 0. The second-order valence-electron chi connectivity index (χ2n) is 7.44. The van der Waals surface area contributed by atoms with E-state index in [2.05, 4.69) is 0 Å². The van der Waals surface area contributed by atoms with Crippen molar-refractivity contribution in [3.8, 4) is 0 Å². The molecule has 4 rings (SSSR count). The first kappa shape index (κ1) is 26.6. The van der Waals surface area contributed by atoms with E-state index in [-0.39, 0.29) is 51.4 Å². The van der Waals surface area contributed by atoms with Crippen LogP contribution in [-0.2, 0) is 0 Å². The standard InChI is InChI=1S/C24H12BF8.K/c26-17-9-1-5-13(21(17)30)25(14-6-2-10-18(27)22(14)31,15-7-3-11-19(28)23(15)32)16-8-4-12-20(29)24(16)33;/h1-12H;/q-1;+1. The molecule has 0 spiro atoms. The van der Waals surface area contributed by atoms with Crippen LogP contribution in [0.2, 0.25) is 0 Å². The first-order chi connectivity index (χ1) is 15.7. The van der Waals surface area contributed by atoms with Crippen molar-refractivity contribution in [2.75, 3.05) is 0 Å². The van der Waals surface area contributed by atoms with E-state index in [0.717, 1.165) is 48.5 Å². The van der Waals surface area contributed by atoms with E-state index in [1.165, 1.54) is 0 Å². The Morgan fingerprint density at radius 3 is 0.765 bits per heavy atom. The number of hydrogen-bond acceptors (Lipinski definition) is 0. The Balaban J connectivity index is 0.00000324. The van der Waals surface area contributed by atoms with Crippen molar-refractivity contribution < 1.29 is 86.5 Å². The summed E-state index contributed by atoms with van der Waals surface area (Å²) in [5.74, 6) is -12.5. The summed E-state index contributed by atoms with van der Waals surface area (Å²) in [6, 6.07) is 10.3. The maximum absolute atomic E-state index is 15.2. The molecule has 0 amide bonds. The maximum atomic E-state index is 15.2.